The molecule has 0 amide bonds. The summed E-state index contributed by atoms with van der Waals surface area (Å²) in [5.74, 6) is 2.01. The Bertz CT molecular complexity index is 719. The van der Waals surface area contributed by atoms with Crippen LogP contribution >= 0.6 is 0 Å². The van der Waals surface area contributed by atoms with Gasteiger partial charge in [-0.1, -0.05) is 18.2 Å². The van der Waals surface area contributed by atoms with Gasteiger partial charge in [0.25, 0.3) is 0 Å². The van der Waals surface area contributed by atoms with Gasteiger partial charge in [-0.15, -0.1) is 15.0 Å². The van der Waals surface area contributed by atoms with Crippen molar-refractivity contribution in [2.24, 2.45) is 0 Å². The zero-order valence-corrected chi connectivity index (χ0v) is 11.8. The Morgan fingerprint density at radius 1 is 1.10 bits per heavy atom. The Hall–Kier alpha value is -2.61. The van der Waals surface area contributed by atoms with Crippen molar-refractivity contribution in [1.82, 2.24) is 35.0 Å². The zero-order chi connectivity index (χ0) is 14.7. The van der Waals surface area contributed by atoms with Crippen molar-refractivity contribution in [1.29, 1.82) is 0 Å². The summed E-state index contributed by atoms with van der Waals surface area (Å²) in [6, 6.07) is 9.64. The average Bonchev–Trinajstić information content (AvgIpc) is 3.09. The molecule has 0 bridgehead atoms. The highest BCUT2D eigenvalue weighted by atomic mass is 16.5. The third-order valence-corrected chi connectivity index (χ3v) is 2.91. The molecule has 0 atom stereocenters. The molecule has 8 nitrogen and oxygen atoms in total. The average molecular weight is 285 g/mol. The van der Waals surface area contributed by atoms with Crippen molar-refractivity contribution >= 4 is 0 Å². The molecule has 0 aliphatic rings. The smallest absolute Gasteiger partial charge is 0.196 e. The monoisotopic (exact) mass is 285 g/mol. The third-order valence-electron chi connectivity index (χ3n) is 2.91. The SMILES string of the molecule is COCc1nc(C)n(Cc2nnn(-c3ccccc3)n2)n1. The first-order chi connectivity index (χ1) is 10.3. The van der Waals surface area contributed by atoms with E-state index < -0.39 is 0 Å². The fourth-order valence-corrected chi connectivity index (χ4v) is 1.93. The van der Waals surface area contributed by atoms with E-state index in [2.05, 4.69) is 25.5 Å². The first-order valence-corrected chi connectivity index (χ1v) is 6.50. The van der Waals surface area contributed by atoms with Crippen molar-refractivity contribution < 1.29 is 4.74 Å². The van der Waals surface area contributed by atoms with E-state index in [9.17, 15) is 0 Å². The highest BCUT2D eigenvalue weighted by molar-refractivity contribution is 5.27. The Kier molecular flexibility index (Phi) is 3.69. The van der Waals surface area contributed by atoms with E-state index in [1.807, 2.05) is 37.3 Å². The maximum absolute atomic E-state index is 5.02. The van der Waals surface area contributed by atoms with Crippen LogP contribution in [0.1, 0.15) is 17.5 Å². The lowest BCUT2D eigenvalue weighted by Gasteiger charge is -1.98. The van der Waals surface area contributed by atoms with Gasteiger partial charge in [0.1, 0.15) is 19.0 Å². The summed E-state index contributed by atoms with van der Waals surface area (Å²) in [7, 11) is 1.61. The highest BCUT2D eigenvalue weighted by Crippen LogP contribution is 2.05. The number of para-hydroxylation sites is 1. The predicted molar refractivity (Wildman–Crippen MR) is 73.7 cm³/mol. The lowest BCUT2D eigenvalue weighted by atomic mass is 10.3. The highest BCUT2D eigenvalue weighted by Gasteiger charge is 2.10. The van der Waals surface area contributed by atoms with Crippen LogP contribution in [0.25, 0.3) is 5.69 Å². The summed E-state index contributed by atoms with van der Waals surface area (Å²) in [6.45, 7) is 2.70. The van der Waals surface area contributed by atoms with E-state index in [4.69, 9.17) is 4.74 Å². The van der Waals surface area contributed by atoms with Gasteiger partial charge in [0.05, 0.1) is 5.69 Å². The molecular weight excluding hydrogens is 270 g/mol. The molecule has 0 saturated heterocycles. The second-order valence-corrected chi connectivity index (χ2v) is 4.50. The molecule has 0 aliphatic carbocycles. The lowest BCUT2D eigenvalue weighted by molar-refractivity contribution is 0.177. The molecule has 0 aliphatic heterocycles. The van der Waals surface area contributed by atoms with E-state index >= 15 is 0 Å². The number of aromatic nitrogens is 7. The van der Waals surface area contributed by atoms with Crippen LogP contribution in [0.3, 0.4) is 0 Å². The number of hydrogen-bond donors (Lipinski definition) is 0. The maximum atomic E-state index is 5.02. The molecule has 8 heteroatoms. The van der Waals surface area contributed by atoms with Crippen LogP contribution in [-0.4, -0.2) is 42.1 Å². The quantitative estimate of drug-likeness (QED) is 0.688. The Labute approximate surface area is 121 Å². The molecule has 0 fully saturated rings. The minimum Gasteiger partial charge on any atom is -0.377 e. The van der Waals surface area contributed by atoms with E-state index in [0.717, 1.165) is 11.5 Å². The number of benzene rings is 1. The van der Waals surface area contributed by atoms with Crippen LogP contribution in [0.5, 0.6) is 0 Å². The van der Waals surface area contributed by atoms with Crippen molar-refractivity contribution in [3.8, 4) is 5.69 Å². The van der Waals surface area contributed by atoms with Gasteiger partial charge in [0.2, 0.25) is 0 Å². The van der Waals surface area contributed by atoms with Crippen LogP contribution in [-0.2, 0) is 17.9 Å². The largest absolute Gasteiger partial charge is 0.377 e. The second-order valence-electron chi connectivity index (χ2n) is 4.50. The van der Waals surface area contributed by atoms with E-state index in [-0.39, 0.29) is 0 Å². The van der Waals surface area contributed by atoms with Gasteiger partial charge in [0.15, 0.2) is 11.6 Å². The van der Waals surface area contributed by atoms with Gasteiger partial charge in [0, 0.05) is 7.11 Å². The number of rotatable bonds is 5. The maximum Gasteiger partial charge on any atom is 0.196 e. The number of ether oxygens (including phenoxy) is 1. The molecule has 0 N–H and O–H groups in total. The van der Waals surface area contributed by atoms with E-state index in [1.165, 1.54) is 4.80 Å². The predicted octanol–water partition coefficient (Wildman–Crippen LogP) is 0.757. The number of aryl methyl sites for hydroxylation is 1. The van der Waals surface area contributed by atoms with Crippen molar-refractivity contribution in [3.63, 3.8) is 0 Å². The Morgan fingerprint density at radius 2 is 1.90 bits per heavy atom. The zero-order valence-electron chi connectivity index (χ0n) is 11.8. The molecule has 2 aromatic heterocycles. The van der Waals surface area contributed by atoms with Gasteiger partial charge in [-0.25, -0.2) is 9.67 Å². The molecular formula is C13H15N7O. The topological polar surface area (TPSA) is 83.5 Å². The van der Waals surface area contributed by atoms with Gasteiger partial charge in [-0.05, 0) is 24.3 Å². The third kappa shape index (κ3) is 2.95. The van der Waals surface area contributed by atoms with Gasteiger partial charge in [-0.3, -0.25) is 0 Å². The minimum absolute atomic E-state index is 0.387. The molecule has 3 rings (SSSR count). The molecule has 1 aromatic carbocycles. The fraction of sp³-hybridized carbons (Fsp3) is 0.308. The molecule has 21 heavy (non-hydrogen) atoms. The summed E-state index contributed by atoms with van der Waals surface area (Å²) in [5.41, 5.74) is 0.867. The first-order valence-electron chi connectivity index (χ1n) is 6.50. The van der Waals surface area contributed by atoms with Crippen LogP contribution in [0.15, 0.2) is 30.3 Å². The molecule has 2 heterocycles. The van der Waals surface area contributed by atoms with E-state index in [0.29, 0.717) is 24.8 Å². The molecule has 108 valence electrons. The van der Waals surface area contributed by atoms with Crippen LogP contribution in [0.4, 0.5) is 0 Å². The minimum atomic E-state index is 0.387. The summed E-state index contributed by atoms with van der Waals surface area (Å²) in [4.78, 5) is 5.80. The van der Waals surface area contributed by atoms with Gasteiger partial charge < -0.3 is 4.74 Å². The van der Waals surface area contributed by atoms with E-state index in [1.54, 1.807) is 11.8 Å². The number of nitrogens with zero attached hydrogens (tertiary/aromatic N) is 7. The van der Waals surface area contributed by atoms with Crippen LogP contribution < -0.4 is 0 Å². The molecule has 0 saturated carbocycles. The standard InChI is InChI=1S/C13H15N7O/c1-10-14-13(9-21-2)16-19(10)8-12-15-18-20(17-12)11-6-4-3-5-7-11/h3-7H,8-9H2,1-2H3. The molecule has 0 spiro atoms. The Balaban J connectivity index is 1.78. The molecule has 0 unspecified atom stereocenters. The van der Waals surface area contributed by atoms with Crippen LogP contribution in [0.2, 0.25) is 0 Å². The van der Waals surface area contributed by atoms with Crippen molar-refractivity contribution in [2.75, 3.05) is 7.11 Å². The second kappa shape index (κ2) is 5.80. The number of tetrazole rings is 1. The van der Waals surface area contributed by atoms with Gasteiger partial charge >= 0.3 is 0 Å². The summed E-state index contributed by atoms with van der Waals surface area (Å²) in [5, 5.41) is 16.8. The molecule has 0 radical (unpaired) electrons. The van der Waals surface area contributed by atoms with Crippen LogP contribution in [0, 0.1) is 6.92 Å². The lowest BCUT2D eigenvalue weighted by Crippen LogP contribution is -2.07. The van der Waals surface area contributed by atoms with Gasteiger partial charge in [-0.2, -0.15) is 5.10 Å². The summed E-state index contributed by atoms with van der Waals surface area (Å²) >= 11 is 0. The number of methoxy groups -OCH3 is 1. The Morgan fingerprint density at radius 3 is 2.67 bits per heavy atom. The van der Waals surface area contributed by atoms with Crippen molar-refractivity contribution in [2.45, 2.75) is 20.1 Å². The summed E-state index contributed by atoms with van der Waals surface area (Å²) < 4.78 is 6.76. The van der Waals surface area contributed by atoms with Crippen molar-refractivity contribution in [3.05, 3.63) is 47.8 Å². The normalized spacial score (nSPS) is 11.0. The summed E-state index contributed by atoms with van der Waals surface area (Å²) in [6.07, 6.45) is 0. The molecule has 3 aromatic rings. The first kappa shape index (κ1) is 13.4. The number of hydrogen-bond acceptors (Lipinski definition) is 6. The fourth-order valence-electron chi connectivity index (χ4n) is 1.93.